The average Bonchev–Trinajstić information content (AvgIpc) is 3.53. The van der Waals surface area contributed by atoms with Crippen molar-refractivity contribution in [3.8, 4) is 10.4 Å². The molecule has 39 heavy (non-hydrogen) atoms. The second-order valence-corrected chi connectivity index (χ2v) is 13.7. The van der Waals surface area contributed by atoms with Gasteiger partial charge in [0, 0.05) is 22.8 Å². The van der Waals surface area contributed by atoms with Crippen LogP contribution >= 0.6 is 11.3 Å². The highest BCUT2D eigenvalue weighted by molar-refractivity contribution is 7.13. The van der Waals surface area contributed by atoms with E-state index in [0.29, 0.717) is 23.8 Å². The highest BCUT2D eigenvalue weighted by Crippen LogP contribution is 2.65. The topological polar surface area (TPSA) is 110 Å². The number of pyridine rings is 1. The summed E-state index contributed by atoms with van der Waals surface area (Å²) in [4.78, 5) is 31.8. The Labute approximate surface area is 235 Å². The lowest BCUT2D eigenvalue weighted by atomic mass is 9.43. The van der Waals surface area contributed by atoms with E-state index in [4.69, 9.17) is 9.31 Å². The SMILES string of the molecule is CC(C)C[C@H](NC(=O)[C@@H](NC(=O)c1cncc(-c2cccs2)c1)[C@@H](C)O)B1O[C@@H]2C[C@H]3C[C@@H](C3(C)C)[C@]2(C)O1. The van der Waals surface area contributed by atoms with Gasteiger partial charge in [-0.1, -0.05) is 33.8 Å². The summed E-state index contributed by atoms with van der Waals surface area (Å²) in [6, 6.07) is 4.48. The molecule has 4 fully saturated rings. The maximum absolute atomic E-state index is 13.5. The zero-order chi connectivity index (χ0) is 28.1. The van der Waals surface area contributed by atoms with Crippen LogP contribution in [0.15, 0.2) is 36.0 Å². The molecule has 0 spiro atoms. The Morgan fingerprint density at radius 3 is 2.62 bits per heavy atom. The van der Waals surface area contributed by atoms with E-state index in [9.17, 15) is 14.7 Å². The van der Waals surface area contributed by atoms with Gasteiger partial charge in [-0.15, -0.1) is 11.3 Å². The van der Waals surface area contributed by atoms with Gasteiger partial charge in [0.05, 0.1) is 29.3 Å². The van der Waals surface area contributed by atoms with E-state index in [1.165, 1.54) is 13.1 Å². The summed E-state index contributed by atoms with van der Waals surface area (Å²) in [6.45, 7) is 12.5. The lowest BCUT2D eigenvalue weighted by Crippen LogP contribution is -2.65. The molecule has 10 heteroatoms. The van der Waals surface area contributed by atoms with Crippen molar-refractivity contribution in [2.24, 2.45) is 23.2 Å². The summed E-state index contributed by atoms with van der Waals surface area (Å²) < 4.78 is 13.1. The van der Waals surface area contributed by atoms with E-state index in [-0.39, 0.29) is 23.0 Å². The first kappa shape index (κ1) is 28.3. The van der Waals surface area contributed by atoms with Crippen LogP contribution in [0.1, 0.15) is 71.2 Å². The lowest BCUT2D eigenvalue weighted by Gasteiger charge is -2.64. The Morgan fingerprint density at radius 1 is 1.21 bits per heavy atom. The molecule has 0 radical (unpaired) electrons. The fraction of sp³-hybridized carbons (Fsp3) is 0.621. The first-order valence-corrected chi connectivity index (χ1v) is 14.9. The van der Waals surface area contributed by atoms with Crippen molar-refractivity contribution in [3.63, 3.8) is 0 Å². The normalized spacial score (nSPS) is 29.2. The number of carbonyl (C=O) groups is 2. The second kappa shape index (κ2) is 10.6. The van der Waals surface area contributed by atoms with Gasteiger partial charge in [0.15, 0.2) is 0 Å². The second-order valence-electron chi connectivity index (χ2n) is 12.7. The van der Waals surface area contributed by atoms with Crippen LogP contribution in [0.3, 0.4) is 0 Å². The number of aliphatic hydroxyl groups is 1. The Bertz CT molecular complexity index is 1210. The molecule has 3 saturated carbocycles. The van der Waals surface area contributed by atoms with Crippen molar-refractivity contribution >= 4 is 30.3 Å². The molecule has 2 amide bonds. The van der Waals surface area contributed by atoms with Crippen LogP contribution < -0.4 is 10.6 Å². The first-order chi connectivity index (χ1) is 18.4. The molecule has 2 aromatic rings. The molecular formula is C29H40BN3O5S. The number of amides is 2. The van der Waals surface area contributed by atoms with E-state index >= 15 is 0 Å². The highest BCUT2D eigenvalue weighted by Gasteiger charge is 2.68. The quantitative estimate of drug-likeness (QED) is 0.404. The largest absolute Gasteiger partial charge is 0.481 e. The van der Waals surface area contributed by atoms with Crippen LogP contribution in [0, 0.1) is 23.2 Å². The number of carbonyl (C=O) groups excluding carboxylic acids is 2. The van der Waals surface area contributed by atoms with E-state index in [2.05, 4.69) is 50.2 Å². The third-order valence-electron chi connectivity index (χ3n) is 9.21. The fourth-order valence-electron chi connectivity index (χ4n) is 6.86. The summed E-state index contributed by atoms with van der Waals surface area (Å²) >= 11 is 1.55. The maximum Gasteiger partial charge on any atom is 0.481 e. The summed E-state index contributed by atoms with van der Waals surface area (Å²) in [5, 5.41) is 18.2. The minimum Gasteiger partial charge on any atom is -0.404 e. The Kier molecular flexibility index (Phi) is 7.69. The van der Waals surface area contributed by atoms with E-state index in [0.717, 1.165) is 23.3 Å². The first-order valence-electron chi connectivity index (χ1n) is 14.0. The van der Waals surface area contributed by atoms with Crippen LogP contribution in [-0.2, 0) is 14.1 Å². The number of hydrogen-bond donors (Lipinski definition) is 3. The van der Waals surface area contributed by atoms with Gasteiger partial charge in [-0.3, -0.25) is 14.6 Å². The molecule has 0 aromatic carbocycles. The Morgan fingerprint density at radius 2 is 1.97 bits per heavy atom. The molecule has 6 rings (SSSR count). The number of nitrogens with zero attached hydrogens (tertiary/aromatic N) is 1. The monoisotopic (exact) mass is 553 g/mol. The standard InChI is InChI=1S/C29H40BN3O5S/c1-16(2)10-24(30-37-23-13-20-12-22(28(20,4)5)29(23,6)38-30)32-27(36)25(17(3)34)33-26(35)19-11-18(14-31-15-19)21-8-7-9-39-21/h7-9,11,14-17,20,22-25,34H,10,12-13H2,1-6H3,(H,32,36)(H,33,35)/t17-,20-,22+,23-,24+,25+,29+/m1/s1. The third kappa shape index (κ3) is 5.28. The van der Waals surface area contributed by atoms with Crippen LogP contribution in [-0.4, -0.2) is 58.8 Å². The smallest absolute Gasteiger partial charge is 0.404 e. The molecule has 210 valence electrons. The fourth-order valence-corrected chi connectivity index (χ4v) is 7.57. The average molecular weight is 554 g/mol. The molecule has 1 aliphatic heterocycles. The maximum atomic E-state index is 13.5. The molecule has 1 saturated heterocycles. The number of nitrogens with one attached hydrogen (secondary N) is 2. The molecular weight excluding hydrogens is 513 g/mol. The predicted octanol–water partition coefficient (Wildman–Crippen LogP) is 4.09. The van der Waals surface area contributed by atoms with Gasteiger partial charge in [-0.25, -0.2) is 0 Å². The highest BCUT2D eigenvalue weighted by atomic mass is 32.1. The Balaban J connectivity index is 1.29. The number of aliphatic hydroxyl groups excluding tert-OH is 1. The molecule has 2 bridgehead atoms. The van der Waals surface area contributed by atoms with Crippen molar-refractivity contribution in [1.29, 1.82) is 0 Å². The molecule has 3 aliphatic carbocycles. The third-order valence-corrected chi connectivity index (χ3v) is 10.1. The lowest BCUT2D eigenvalue weighted by molar-refractivity contribution is -0.199. The summed E-state index contributed by atoms with van der Waals surface area (Å²) in [7, 11) is -0.585. The molecule has 3 N–H and O–H groups in total. The van der Waals surface area contributed by atoms with Crippen molar-refractivity contribution in [3.05, 3.63) is 41.5 Å². The van der Waals surface area contributed by atoms with Crippen LogP contribution in [0.4, 0.5) is 0 Å². The van der Waals surface area contributed by atoms with Gasteiger partial charge in [0.2, 0.25) is 5.91 Å². The van der Waals surface area contributed by atoms with Crippen molar-refractivity contribution in [2.75, 3.05) is 0 Å². The van der Waals surface area contributed by atoms with Crippen molar-refractivity contribution in [2.45, 2.75) is 90.6 Å². The van der Waals surface area contributed by atoms with Gasteiger partial charge in [0.1, 0.15) is 6.04 Å². The minimum absolute atomic E-state index is 0.00114. The van der Waals surface area contributed by atoms with Gasteiger partial charge in [-0.05, 0) is 73.8 Å². The summed E-state index contributed by atoms with van der Waals surface area (Å²) in [6.07, 6.45) is 4.80. The predicted molar refractivity (Wildman–Crippen MR) is 152 cm³/mol. The van der Waals surface area contributed by atoms with E-state index in [1.807, 2.05) is 17.5 Å². The molecule has 7 atom stereocenters. The summed E-state index contributed by atoms with van der Waals surface area (Å²) in [5.74, 6) is -0.0451. The van der Waals surface area contributed by atoms with Crippen molar-refractivity contribution in [1.82, 2.24) is 15.6 Å². The zero-order valence-electron chi connectivity index (χ0n) is 23.6. The van der Waals surface area contributed by atoms with E-state index in [1.54, 1.807) is 23.6 Å². The number of aromatic nitrogens is 1. The minimum atomic E-state index is -1.15. The van der Waals surface area contributed by atoms with Gasteiger partial charge in [-0.2, -0.15) is 0 Å². The van der Waals surface area contributed by atoms with Crippen molar-refractivity contribution < 1.29 is 24.0 Å². The number of thiophene rings is 1. The molecule has 0 unspecified atom stereocenters. The molecule has 4 aliphatic rings. The van der Waals surface area contributed by atoms with E-state index < -0.39 is 37.0 Å². The van der Waals surface area contributed by atoms with Gasteiger partial charge >= 0.3 is 7.12 Å². The summed E-state index contributed by atoms with van der Waals surface area (Å²) in [5.41, 5.74) is 0.970. The van der Waals surface area contributed by atoms with Crippen LogP contribution in [0.25, 0.3) is 10.4 Å². The molecule has 8 nitrogen and oxygen atoms in total. The van der Waals surface area contributed by atoms with Gasteiger partial charge < -0.3 is 25.0 Å². The zero-order valence-corrected chi connectivity index (χ0v) is 24.5. The molecule has 3 heterocycles. The number of hydrogen-bond acceptors (Lipinski definition) is 7. The van der Waals surface area contributed by atoms with Crippen LogP contribution in [0.2, 0.25) is 0 Å². The Hall–Kier alpha value is -2.27. The molecule has 2 aromatic heterocycles. The number of rotatable bonds is 9. The van der Waals surface area contributed by atoms with Gasteiger partial charge in [0.25, 0.3) is 5.91 Å². The van der Waals surface area contributed by atoms with Crippen LogP contribution in [0.5, 0.6) is 0 Å².